The van der Waals surface area contributed by atoms with Crippen molar-refractivity contribution in [3.63, 3.8) is 0 Å². The minimum absolute atomic E-state index is 0.275. The Balaban J connectivity index is 2.33. The smallest absolute Gasteiger partial charge is 0.292 e. The lowest BCUT2D eigenvalue weighted by molar-refractivity contribution is 0.736. The molecule has 0 bridgehead atoms. The van der Waals surface area contributed by atoms with Gasteiger partial charge in [0.25, 0.3) is 0 Å². The van der Waals surface area contributed by atoms with Gasteiger partial charge in [-0.15, -0.1) is 11.3 Å². The molecule has 5 heteroatoms. The van der Waals surface area contributed by atoms with Crippen molar-refractivity contribution >= 4 is 22.9 Å². The van der Waals surface area contributed by atoms with Crippen LogP contribution in [0.5, 0.6) is 0 Å². The summed E-state index contributed by atoms with van der Waals surface area (Å²) >= 11 is 7.34. The quantitative estimate of drug-likeness (QED) is 0.785. The Hall–Kier alpha value is -1.13. The molecule has 0 amide bonds. The van der Waals surface area contributed by atoms with E-state index in [2.05, 4.69) is 4.98 Å². The van der Waals surface area contributed by atoms with Gasteiger partial charge in [0.15, 0.2) is 0 Å². The summed E-state index contributed by atoms with van der Waals surface area (Å²) in [4.78, 5) is 16.0. The lowest BCUT2D eigenvalue weighted by Crippen LogP contribution is -2.21. The van der Waals surface area contributed by atoms with Crippen LogP contribution in [0.4, 0.5) is 0 Å². The van der Waals surface area contributed by atoms with E-state index in [1.165, 1.54) is 10.8 Å². The van der Waals surface area contributed by atoms with Gasteiger partial charge in [0.2, 0.25) is 0 Å². The molecule has 0 fully saturated rings. The molecule has 2 heterocycles. The van der Waals surface area contributed by atoms with Gasteiger partial charge in [-0.1, -0.05) is 17.7 Å². The second kappa shape index (κ2) is 3.94. The number of thiophene rings is 1. The van der Waals surface area contributed by atoms with E-state index in [9.17, 15) is 4.79 Å². The second-order valence-corrected chi connectivity index (χ2v) is 4.23. The lowest BCUT2D eigenvalue weighted by atomic mass is 10.4. The van der Waals surface area contributed by atoms with E-state index in [0.717, 1.165) is 4.88 Å². The average molecular weight is 227 g/mol. The fourth-order valence-electron chi connectivity index (χ4n) is 1.11. The lowest BCUT2D eigenvalue weighted by Gasteiger charge is -2.01. The van der Waals surface area contributed by atoms with Gasteiger partial charge in [-0.05, 0) is 11.4 Å². The minimum atomic E-state index is -0.275. The monoisotopic (exact) mass is 226 g/mol. The molecule has 14 heavy (non-hydrogen) atoms. The van der Waals surface area contributed by atoms with Crippen molar-refractivity contribution in [2.24, 2.45) is 0 Å². The maximum atomic E-state index is 11.3. The first kappa shape index (κ1) is 9.43. The summed E-state index contributed by atoms with van der Waals surface area (Å²) in [5.41, 5.74) is -0.275. The molecule has 0 radical (unpaired) electrons. The van der Waals surface area contributed by atoms with Gasteiger partial charge in [0.05, 0.1) is 17.8 Å². The second-order valence-electron chi connectivity index (χ2n) is 2.76. The van der Waals surface area contributed by atoms with Gasteiger partial charge in [0.1, 0.15) is 0 Å². The van der Waals surface area contributed by atoms with Gasteiger partial charge < -0.3 is 0 Å². The molecular formula is C9H7ClN2OS. The topological polar surface area (TPSA) is 34.9 Å². The van der Waals surface area contributed by atoms with E-state index < -0.39 is 0 Å². The first-order chi connectivity index (χ1) is 6.75. The molecule has 2 aromatic heterocycles. The third-order valence-corrected chi connectivity index (χ3v) is 2.79. The summed E-state index contributed by atoms with van der Waals surface area (Å²) in [5.74, 6) is 0. The number of hydrogen-bond donors (Lipinski definition) is 0. The molecule has 3 nitrogen and oxygen atoms in total. The van der Waals surface area contributed by atoms with Crippen LogP contribution >= 0.6 is 22.9 Å². The zero-order chi connectivity index (χ0) is 9.97. The van der Waals surface area contributed by atoms with E-state index >= 15 is 0 Å². The number of halogens is 1. The molecule has 0 spiro atoms. The summed E-state index contributed by atoms with van der Waals surface area (Å²) in [6.07, 6.45) is 2.95. The largest absolute Gasteiger partial charge is 0.347 e. The fraction of sp³-hybridized carbons (Fsp3) is 0.111. The normalized spacial score (nSPS) is 10.4. The van der Waals surface area contributed by atoms with Gasteiger partial charge in [0, 0.05) is 11.1 Å². The number of hydrogen-bond acceptors (Lipinski definition) is 3. The standard InChI is InChI=1S/C9H7ClN2OS/c10-7-4-11-9(13)12(5-7)6-8-2-1-3-14-8/h1-5H,6H2. The van der Waals surface area contributed by atoms with Crippen molar-refractivity contribution < 1.29 is 0 Å². The third-order valence-electron chi connectivity index (χ3n) is 1.73. The molecule has 2 rings (SSSR count). The molecule has 0 atom stereocenters. The molecule has 0 unspecified atom stereocenters. The molecular weight excluding hydrogens is 220 g/mol. The highest BCUT2D eigenvalue weighted by Gasteiger charge is 2.00. The third kappa shape index (κ3) is 2.02. The Morgan fingerprint density at radius 3 is 3.14 bits per heavy atom. The Morgan fingerprint density at radius 2 is 2.43 bits per heavy atom. The summed E-state index contributed by atoms with van der Waals surface area (Å²) in [6, 6.07) is 3.92. The SMILES string of the molecule is O=c1ncc(Cl)cn1Cc1cccs1. The van der Waals surface area contributed by atoms with Gasteiger partial charge >= 0.3 is 5.69 Å². The molecule has 0 saturated heterocycles. The van der Waals surface area contributed by atoms with Gasteiger partial charge in [-0.3, -0.25) is 4.57 Å². The number of rotatable bonds is 2. The predicted molar refractivity (Wildman–Crippen MR) is 56.9 cm³/mol. The van der Waals surface area contributed by atoms with Crippen LogP contribution in [0.3, 0.4) is 0 Å². The van der Waals surface area contributed by atoms with Crippen molar-refractivity contribution in [2.75, 3.05) is 0 Å². The molecule has 2 aromatic rings. The van der Waals surface area contributed by atoms with Gasteiger partial charge in [-0.2, -0.15) is 0 Å². The zero-order valence-electron chi connectivity index (χ0n) is 7.18. The summed E-state index contributed by atoms with van der Waals surface area (Å²) in [7, 11) is 0. The fourth-order valence-corrected chi connectivity index (χ4v) is 1.98. The average Bonchev–Trinajstić information content (AvgIpc) is 2.64. The van der Waals surface area contributed by atoms with E-state index in [-0.39, 0.29) is 5.69 Å². The molecule has 0 N–H and O–H groups in total. The summed E-state index contributed by atoms with van der Waals surface area (Å²) in [6.45, 7) is 0.532. The van der Waals surface area contributed by atoms with Crippen LogP contribution < -0.4 is 5.69 Å². The van der Waals surface area contributed by atoms with Crippen LogP contribution in [0.1, 0.15) is 4.88 Å². The van der Waals surface area contributed by atoms with Gasteiger partial charge in [-0.25, -0.2) is 9.78 Å². The van der Waals surface area contributed by atoms with E-state index in [1.807, 2.05) is 17.5 Å². The Bertz CT molecular complexity index is 478. The van der Waals surface area contributed by atoms with Crippen LogP contribution in [0.25, 0.3) is 0 Å². The molecule has 72 valence electrons. The number of nitrogens with zero attached hydrogens (tertiary/aromatic N) is 2. The molecule has 0 aliphatic heterocycles. The van der Waals surface area contributed by atoms with E-state index in [1.54, 1.807) is 17.5 Å². The zero-order valence-corrected chi connectivity index (χ0v) is 8.76. The number of aromatic nitrogens is 2. The summed E-state index contributed by atoms with van der Waals surface area (Å²) < 4.78 is 1.49. The van der Waals surface area contributed by atoms with E-state index in [4.69, 9.17) is 11.6 Å². The highest BCUT2D eigenvalue weighted by molar-refractivity contribution is 7.09. The highest BCUT2D eigenvalue weighted by atomic mass is 35.5. The van der Waals surface area contributed by atoms with Crippen LogP contribution in [0.2, 0.25) is 5.02 Å². The molecule has 0 aromatic carbocycles. The van der Waals surface area contributed by atoms with Crippen molar-refractivity contribution in [1.82, 2.24) is 9.55 Å². The maximum Gasteiger partial charge on any atom is 0.347 e. The first-order valence-electron chi connectivity index (χ1n) is 4.00. The predicted octanol–water partition coefficient (Wildman–Crippen LogP) is 2.01. The molecule has 0 saturated carbocycles. The van der Waals surface area contributed by atoms with Crippen molar-refractivity contribution in [2.45, 2.75) is 6.54 Å². The maximum absolute atomic E-state index is 11.3. The molecule has 0 aliphatic carbocycles. The first-order valence-corrected chi connectivity index (χ1v) is 5.26. The van der Waals surface area contributed by atoms with Crippen LogP contribution in [0.15, 0.2) is 34.7 Å². The van der Waals surface area contributed by atoms with Crippen molar-refractivity contribution in [3.05, 3.63) is 50.3 Å². The van der Waals surface area contributed by atoms with Crippen LogP contribution in [-0.2, 0) is 6.54 Å². The molecule has 0 aliphatic rings. The highest BCUT2D eigenvalue weighted by Crippen LogP contribution is 2.10. The minimum Gasteiger partial charge on any atom is -0.292 e. The van der Waals surface area contributed by atoms with Crippen LogP contribution in [-0.4, -0.2) is 9.55 Å². The van der Waals surface area contributed by atoms with Crippen molar-refractivity contribution in [1.29, 1.82) is 0 Å². The van der Waals surface area contributed by atoms with E-state index in [0.29, 0.717) is 11.6 Å². The Kier molecular flexibility index (Phi) is 2.65. The van der Waals surface area contributed by atoms with Crippen LogP contribution in [0, 0.1) is 0 Å². The Morgan fingerprint density at radius 1 is 1.57 bits per heavy atom. The Labute approximate surface area is 89.6 Å². The summed E-state index contributed by atoms with van der Waals surface area (Å²) in [5, 5.41) is 2.44. The van der Waals surface area contributed by atoms with Crippen molar-refractivity contribution in [3.8, 4) is 0 Å².